The fourth-order valence-electron chi connectivity index (χ4n) is 1.90. The SMILES string of the molecule is NNC(=O)c1ccc2oc(-c3cccc(Br)c3)nc2c1. The molecular weight excluding hydrogens is 322 g/mol. The number of nitrogens with zero attached hydrogens (tertiary/aromatic N) is 1. The van der Waals surface area contributed by atoms with Crippen LogP contribution in [0.25, 0.3) is 22.6 Å². The van der Waals surface area contributed by atoms with Gasteiger partial charge in [0.1, 0.15) is 5.52 Å². The number of benzene rings is 2. The van der Waals surface area contributed by atoms with Gasteiger partial charge in [0.05, 0.1) is 0 Å². The molecule has 0 saturated carbocycles. The standard InChI is InChI=1S/C14H10BrN3O2/c15-10-3-1-2-9(6-10)14-17-11-7-8(13(19)18-16)4-5-12(11)20-14/h1-7H,16H2,(H,18,19). The second-order valence-electron chi connectivity index (χ2n) is 4.19. The molecular formula is C14H10BrN3O2. The van der Waals surface area contributed by atoms with Crippen LogP contribution in [0, 0.1) is 0 Å². The summed E-state index contributed by atoms with van der Waals surface area (Å²) in [5, 5.41) is 0. The first-order chi connectivity index (χ1) is 9.67. The van der Waals surface area contributed by atoms with Gasteiger partial charge in [-0.2, -0.15) is 0 Å². The van der Waals surface area contributed by atoms with Gasteiger partial charge >= 0.3 is 0 Å². The van der Waals surface area contributed by atoms with Crippen LogP contribution < -0.4 is 11.3 Å². The first-order valence-corrected chi connectivity index (χ1v) is 6.64. The van der Waals surface area contributed by atoms with Crippen LogP contribution in [0.3, 0.4) is 0 Å². The van der Waals surface area contributed by atoms with Gasteiger partial charge in [0.25, 0.3) is 5.91 Å². The lowest BCUT2D eigenvalue weighted by molar-refractivity contribution is 0.0954. The Kier molecular flexibility index (Phi) is 3.25. The lowest BCUT2D eigenvalue weighted by atomic mass is 10.2. The van der Waals surface area contributed by atoms with Gasteiger partial charge in [-0.1, -0.05) is 22.0 Å². The molecule has 6 heteroatoms. The molecule has 0 aliphatic carbocycles. The second-order valence-corrected chi connectivity index (χ2v) is 5.10. The molecule has 1 aromatic heterocycles. The summed E-state index contributed by atoms with van der Waals surface area (Å²) in [6.07, 6.45) is 0. The summed E-state index contributed by atoms with van der Waals surface area (Å²) in [5.41, 5.74) is 4.62. The van der Waals surface area contributed by atoms with Crippen molar-refractivity contribution in [3.63, 3.8) is 0 Å². The van der Waals surface area contributed by atoms with E-state index in [1.54, 1.807) is 18.2 Å². The summed E-state index contributed by atoms with van der Waals surface area (Å²) in [4.78, 5) is 15.9. The molecule has 2 aromatic carbocycles. The van der Waals surface area contributed by atoms with Gasteiger partial charge in [0.2, 0.25) is 5.89 Å². The van der Waals surface area contributed by atoms with Crippen molar-refractivity contribution in [2.45, 2.75) is 0 Å². The molecule has 20 heavy (non-hydrogen) atoms. The molecule has 3 rings (SSSR count). The summed E-state index contributed by atoms with van der Waals surface area (Å²) >= 11 is 3.41. The number of carbonyl (C=O) groups excluding carboxylic acids is 1. The molecule has 0 bridgehead atoms. The van der Waals surface area contributed by atoms with Crippen LogP contribution in [-0.2, 0) is 0 Å². The number of hydrogen-bond donors (Lipinski definition) is 2. The predicted molar refractivity (Wildman–Crippen MR) is 78.8 cm³/mol. The minimum atomic E-state index is -0.362. The number of aromatic nitrogens is 1. The first kappa shape index (κ1) is 12.8. The molecule has 0 radical (unpaired) electrons. The number of nitrogens with one attached hydrogen (secondary N) is 1. The molecule has 0 unspecified atom stereocenters. The topological polar surface area (TPSA) is 81.1 Å². The molecule has 0 atom stereocenters. The van der Waals surface area contributed by atoms with E-state index < -0.39 is 0 Å². The highest BCUT2D eigenvalue weighted by atomic mass is 79.9. The monoisotopic (exact) mass is 331 g/mol. The number of rotatable bonds is 2. The Morgan fingerprint density at radius 2 is 2.10 bits per heavy atom. The van der Waals surface area contributed by atoms with Gasteiger partial charge in [0.15, 0.2) is 5.58 Å². The average molecular weight is 332 g/mol. The number of halogens is 1. The first-order valence-electron chi connectivity index (χ1n) is 5.85. The van der Waals surface area contributed by atoms with Crippen molar-refractivity contribution in [2.75, 3.05) is 0 Å². The van der Waals surface area contributed by atoms with E-state index in [0.29, 0.717) is 22.6 Å². The van der Waals surface area contributed by atoms with Gasteiger partial charge in [-0.15, -0.1) is 0 Å². The number of amides is 1. The Morgan fingerprint density at radius 1 is 1.25 bits per heavy atom. The Labute approximate surface area is 122 Å². The molecule has 1 heterocycles. The van der Waals surface area contributed by atoms with Crippen LogP contribution >= 0.6 is 15.9 Å². The number of nitrogen functional groups attached to an aromatic ring is 1. The third-order valence-electron chi connectivity index (χ3n) is 2.85. The van der Waals surface area contributed by atoms with E-state index in [2.05, 4.69) is 26.3 Å². The average Bonchev–Trinajstić information content (AvgIpc) is 2.89. The van der Waals surface area contributed by atoms with Crippen molar-refractivity contribution < 1.29 is 9.21 Å². The zero-order chi connectivity index (χ0) is 14.1. The minimum absolute atomic E-state index is 0.362. The Balaban J connectivity index is 2.09. The summed E-state index contributed by atoms with van der Waals surface area (Å²) in [6.45, 7) is 0. The van der Waals surface area contributed by atoms with Gasteiger partial charge in [-0.3, -0.25) is 10.2 Å². The zero-order valence-corrected chi connectivity index (χ0v) is 11.8. The van der Waals surface area contributed by atoms with Gasteiger partial charge < -0.3 is 4.42 Å². The molecule has 0 aliphatic heterocycles. The summed E-state index contributed by atoms with van der Waals surface area (Å²) in [7, 11) is 0. The molecule has 0 aliphatic rings. The number of fused-ring (bicyclic) bond motifs is 1. The van der Waals surface area contributed by atoms with Gasteiger partial charge in [-0.05, 0) is 36.4 Å². The van der Waals surface area contributed by atoms with Crippen LogP contribution in [0.4, 0.5) is 0 Å². The predicted octanol–water partition coefficient (Wildman–Crippen LogP) is 2.86. The maximum atomic E-state index is 11.5. The smallest absolute Gasteiger partial charge is 0.265 e. The highest BCUT2D eigenvalue weighted by molar-refractivity contribution is 9.10. The number of oxazole rings is 1. The van der Waals surface area contributed by atoms with Crippen LogP contribution in [-0.4, -0.2) is 10.9 Å². The fourth-order valence-corrected chi connectivity index (χ4v) is 2.30. The largest absolute Gasteiger partial charge is 0.436 e. The number of nitrogens with two attached hydrogens (primary N) is 1. The number of carbonyl (C=O) groups is 1. The zero-order valence-electron chi connectivity index (χ0n) is 10.3. The quantitative estimate of drug-likeness (QED) is 0.430. The third-order valence-corrected chi connectivity index (χ3v) is 3.35. The Morgan fingerprint density at radius 3 is 2.85 bits per heavy atom. The van der Waals surface area contributed by atoms with E-state index in [9.17, 15) is 4.79 Å². The molecule has 1 amide bonds. The number of hydrazine groups is 1. The van der Waals surface area contributed by atoms with Crippen LogP contribution in [0.5, 0.6) is 0 Å². The maximum absolute atomic E-state index is 11.5. The lowest BCUT2D eigenvalue weighted by Gasteiger charge is -1.97. The van der Waals surface area contributed by atoms with Gasteiger partial charge in [0, 0.05) is 15.6 Å². The van der Waals surface area contributed by atoms with Crippen molar-refractivity contribution in [1.82, 2.24) is 10.4 Å². The third kappa shape index (κ3) is 2.31. The van der Waals surface area contributed by atoms with Crippen LogP contribution in [0.15, 0.2) is 51.4 Å². The van der Waals surface area contributed by atoms with E-state index >= 15 is 0 Å². The maximum Gasteiger partial charge on any atom is 0.265 e. The highest BCUT2D eigenvalue weighted by Gasteiger charge is 2.11. The van der Waals surface area contributed by atoms with E-state index in [4.69, 9.17) is 10.3 Å². The normalized spacial score (nSPS) is 10.7. The summed E-state index contributed by atoms with van der Waals surface area (Å²) in [5.74, 6) is 5.26. The Hall–Kier alpha value is -2.18. The number of hydrogen-bond acceptors (Lipinski definition) is 4. The van der Waals surface area contributed by atoms with E-state index in [0.717, 1.165) is 10.0 Å². The molecule has 100 valence electrons. The van der Waals surface area contributed by atoms with Crippen molar-refractivity contribution in [1.29, 1.82) is 0 Å². The molecule has 0 fully saturated rings. The van der Waals surface area contributed by atoms with Gasteiger partial charge in [-0.25, -0.2) is 10.8 Å². The molecule has 5 nitrogen and oxygen atoms in total. The minimum Gasteiger partial charge on any atom is -0.436 e. The van der Waals surface area contributed by atoms with Crippen molar-refractivity contribution in [3.8, 4) is 11.5 Å². The Bertz CT molecular complexity index is 798. The molecule has 3 aromatic rings. The molecule has 0 spiro atoms. The van der Waals surface area contributed by atoms with Crippen molar-refractivity contribution >= 4 is 32.9 Å². The molecule has 3 N–H and O–H groups in total. The van der Waals surface area contributed by atoms with E-state index in [1.807, 2.05) is 24.3 Å². The van der Waals surface area contributed by atoms with Crippen LogP contribution in [0.2, 0.25) is 0 Å². The lowest BCUT2D eigenvalue weighted by Crippen LogP contribution is -2.29. The fraction of sp³-hybridized carbons (Fsp3) is 0. The van der Waals surface area contributed by atoms with Crippen molar-refractivity contribution in [2.24, 2.45) is 5.84 Å². The molecule has 0 saturated heterocycles. The second kappa shape index (κ2) is 5.07. The van der Waals surface area contributed by atoms with E-state index in [-0.39, 0.29) is 5.91 Å². The highest BCUT2D eigenvalue weighted by Crippen LogP contribution is 2.26. The van der Waals surface area contributed by atoms with Crippen molar-refractivity contribution in [3.05, 3.63) is 52.5 Å². The van der Waals surface area contributed by atoms with E-state index in [1.165, 1.54) is 0 Å². The van der Waals surface area contributed by atoms with Crippen LogP contribution in [0.1, 0.15) is 10.4 Å². The summed E-state index contributed by atoms with van der Waals surface area (Å²) in [6, 6.07) is 12.6. The summed E-state index contributed by atoms with van der Waals surface area (Å²) < 4.78 is 6.63.